The number of hydrogen-bond donors (Lipinski definition) is 2. The van der Waals surface area contributed by atoms with E-state index in [1.54, 1.807) is 6.07 Å². The zero-order valence-corrected chi connectivity index (χ0v) is 11.2. The summed E-state index contributed by atoms with van der Waals surface area (Å²) in [4.78, 5) is 11.7. The van der Waals surface area contributed by atoms with E-state index in [2.05, 4.69) is 10.1 Å². The van der Waals surface area contributed by atoms with E-state index in [0.717, 1.165) is 12.8 Å². The molecule has 0 saturated heterocycles. The molecule has 116 valence electrons. The van der Waals surface area contributed by atoms with Crippen molar-refractivity contribution in [3.8, 4) is 5.75 Å². The minimum atomic E-state index is -4.75. The Labute approximate surface area is 119 Å². The smallest absolute Gasteiger partial charge is 0.406 e. The molecule has 1 aliphatic carbocycles. The van der Waals surface area contributed by atoms with Gasteiger partial charge < -0.3 is 15.2 Å². The fraction of sp³-hybridized carbons (Fsp3) is 0.500. The van der Waals surface area contributed by atoms with Crippen LogP contribution in [0.2, 0.25) is 0 Å². The molecule has 0 heterocycles. The van der Waals surface area contributed by atoms with Gasteiger partial charge in [-0.2, -0.15) is 0 Å². The van der Waals surface area contributed by atoms with Crippen molar-refractivity contribution in [1.82, 2.24) is 5.32 Å². The van der Waals surface area contributed by atoms with Gasteiger partial charge in [-0.05, 0) is 30.5 Å². The molecule has 1 saturated carbocycles. The Hall–Kier alpha value is -1.76. The third-order valence-electron chi connectivity index (χ3n) is 3.45. The van der Waals surface area contributed by atoms with Gasteiger partial charge >= 0.3 is 6.36 Å². The minimum Gasteiger partial charge on any atom is -0.406 e. The van der Waals surface area contributed by atoms with Crippen LogP contribution in [0.5, 0.6) is 5.75 Å². The van der Waals surface area contributed by atoms with Crippen molar-refractivity contribution < 1.29 is 27.8 Å². The van der Waals surface area contributed by atoms with Crippen molar-refractivity contribution in [3.63, 3.8) is 0 Å². The molecule has 21 heavy (non-hydrogen) atoms. The molecule has 1 amide bonds. The molecule has 1 fully saturated rings. The molecule has 0 unspecified atom stereocenters. The number of halogens is 3. The maximum Gasteiger partial charge on any atom is 0.573 e. The monoisotopic (exact) mass is 303 g/mol. The molecule has 0 radical (unpaired) electrons. The van der Waals surface area contributed by atoms with Crippen molar-refractivity contribution in [2.45, 2.75) is 25.6 Å². The van der Waals surface area contributed by atoms with Crippen molar-refractivity contribution in [1.29, 1.82) is 0 Å². The number of aliphatic hydroxyl groups is 1. The van der Waals surface area contributed by atoms with E-state index in [1.807, 2.05) is 0 Å². The van der Waals surface area contributed by atoms with Gasteiger partial charge in [0.05, 0.1) is 13.0 Å². The largest absolute Gasteiger partial charge is 0.573 e. The second-order valence-corrected chi connectivity index (χ2v) is 5.31. The molecule has 2 rings (SSSR count). The van der Waals surface area contributed by atoms with Crippen molar-refractivity contribution in [2.24, 2.45) is 5.41 Å². The molecule has 7 heteroatoms. The van der Waals surface area contributed by atoms with Crippen molar-refractivity contribution in [3.05, 3.63) is 29.8 Å². The molecule has 0 aromatic heterocycles. The van der Waals surface area contributed by atoms with Gasteiger partial charge in [-0.1, -0.05) is 12.1 Å². The Balaban J connectivity index is 1.87. The summed E-state index contributed by atoms with van der Waals surface area (Å²) >= 11 is 0. The first-order chi connectivity index (χ1) is 9.82. The molecule has 0 atom stereocenters. The Bertz CT molecular complexity index is 512. The lowest BCUT2D eigenvalue weighted by molar-refractivity contribution is -0.274. The highest BCUT2D eigenvalue weighted by atomic mass is 19.4. The van der Waals surface area contributed by atoms with Gasteiger partial charge in [0.1, 0.15) is 5.75 Å². The van der Waals surface area contributed by atoms with Crippen LogP contribution in [0.25, 0.3) is 0 Å². The van der Waals surface area contributed by atoms with E-state index >= 15 is 0 Å². The quantitative estimate of drug-likeness (QED) is 0.845. The second kappa shape index (κ2) is 5.93. The van der Waals surface area contributed by atoms with Crippen LogP contribution in [0.1, 0.15) is 18.4 Å². The number of rotatable bonds is 6. The van der Waals surface area contributed by atoms with Gasteiger partial charge in [-0.15, -0.1) is 13.2 Å². The first-order valence-electron chi connectivity index (χ1n) is 6.54. The molecule has 0 aliphatic heterocycles. The number of ether oxygens (including phenoxy) is 1. The third kappa shape index (κ3) is 4.93. The van der Waals surface area contributed by atoms with Gasteiger partial charge in [0, 0.05) is 12.0 Å². The average molecular weight is 303 g/mol. The number of alkyl halides is 3. The topological polar surface area (TPSA) is 58.6 Å². The predicted molar refractivity (Wildman–Crippen MR) is 68.6 cm³/mol. The van der Waals surface area contributed by atoms with Gasteiger partial charge in [0.15, 0.2) is 0 Å². The lowest BCUT2D eigenvalue weighted by atomic mass is 10.1. The highest BCUT2D eigenvalue weighted by molar-refractivity contribution is 5.78. The van der Waals surface area contributed by atoms with Crippen molar-refractivity contribution in [2.75, 3.05) is 13.2 Å². The van der Waals surface area contributed by atoms with Gasteiger partial charge in [0.25, 0.3) is 0 Å². The zero-order valence-electron chi connectivity index (χ0n) is 11.2. The third-order valence-corrected chi connectivity index (χ3v) is 3.45. The van der Waals surface area contributed by atoms with Crippen LogP contribution >= 0.6 is 0 Å². The molecular formula is C14H16F3NO3. The second-order valence-electron chi connectivity index (χ2n) is 5.31. The maximum absolute atomic E-state index is 12.1. The van der Waals surface area contributed by atoms with E-state index in [9.17, 15) is 18.0 Å². The molecule has 1 aromatic carbocycles. The van der Waals surface area contributed by atoms with Crippen LogP contribution in [0.15, 0.2) is 24.3 Å². The fourth-order valence-corrected chi connectivity index (χ4v) is 1.95. The summed E-state index contributed by atoms with van der Waals surface area (Å²) in [5, 5.41) is 11.8. The minimum absolute atomic E-state index is 0.0299. The van der Waals surface area contributed by atoms with Gasteiger partial charge in [-0.25, -0.2) is 0 Å². The molecule has 0 spiro atoms. The molecule has 0 bridgehead atoms. The SMILES string of the molecule is O=C(Cc1cccc(OC(F)(F)F)c1)NCC1(CO)CC1. The number of aliphatic hydroxyl groups excluding tert-OH is 1. The lowest BCUT2D eigenvalue weighted by Crippen LogP contribution is -2.32. The Morgan fingerprint density at radius 2 is 2.10 bits per heavy atom. The molecule has 2 N–H and O–H groups in total. The van der Waals surface area contributed by atoms with Crippen LogP contribution in [-0.4, -0.2) is 30.5 Å². The van der Waals surface area contributed by atoms with E-state index in [4.69, 9.17) is 5.11 Å². The zero-order chi connectivity index (χ0) is 15.5. The molecular weight excluding hydrogens is 287 g/mol. The summed E-state index contributed by atoms with van der Waals surface area (Å²) in [6, 6.07) is 5.33. The summed E-state index contributed by atoms with van der Waals surface area (Å²) in [5.74, 6) is -0.638. The summed E-state index contributed by atoms with van der Waals surface area (Å²) in [5.41, 5.74) is 0.236. The molecule has 1 aliphatic rings. The average Bonchev–Trinajstić information content (AvgIpc) is 3.15. The first kappa shape index (κ1) is 15.6. The summed E-state index contributed by atoms with van der Waals surface area (Å²) in [6.45, 7) is 0.420. The highest BCUT2D eigenvalue weighted by Gasteiger charge is 2.42. The van der Waals surface area contributed by atoms with Crippen LogP contribution in [-0.2, 0) is 11.2 Å². The first-order valence-corrected chi connectivity index (χ1v) is 6.54. The summed E-state index contributed by atoms with van der Waals surface area (Å²) in [6.07, 6.45) is -3.03. The number of hydrogen-bond acceptors (Lipinski definition) is 3. The van der Waals surface area contributed by atoms with Crippen LogP contribution < -0.4 is 10.1 Å². The molecule has 1 aromatic rings. The normalized spacial score (nSPS) is 16.4. The summed E-state index contributed by atoms with van der Waals surface area (Å²) < 4.78 is 40.1. The van der Waals surface area contributed by atoms with Crippen molar-refractivity contribution >= 4 is 5.91 Å². The van der Waals surface area contributed by atoms with Crippen LogP contribution in [0.4, 0.5) is 13.2 Å². The number of carbonyl (C=O) groups excluding carboxylic acids is 1. The Morgan fingerprint density at radius 1 is 1.38 bits per heavy atom. The summed E-state index contributed by atoms with van der Waals surface area (Å²) in [7, 11) is 0. The lowest BCUT2D eigenvalue weighted by Gasteiger charge is -2.13. The maximum atomic E-state index is 12.1. The van der Waals surface area contributed by atoms with Crippen LogP contribution in [0, 0.1) is 5.41 Å². The number of carbonyl (C=O) groups is 1. The van der Waals surface area contributed by atoms with Crippen LogP contribution in [0.3, 0.4) is 0 Å². The fourth-order valence-electron chi connectivity index (χ4n) is 1.95. The number of benzene rings is 1. The van der Waals surface area contributed by atoms with E-state index in [0.29, 0.717) is 12.1 Å². The van der Waals surface area contributed by atoms with E-state index in [1.165, 1.54) is 18.2 Å². The Kier molecular flexibility index (Phi) is 4.41. The van der Waals surface area contributed by atoms with Gasteiger partial charge in [0.2, 0.25) is 5.91 Å². The van der Waals surface area contributed by atoms with E-state index in [-0.39, 0.29) is 30.1 Å². The van der Waals surface area contributed by atoms with E-state index < -0.39 is 6.36 Å². The number of nitrogens with one attached hydrogen (secondary N) is 1. The van der Waals surface area contributed by atoms with Gasteiger partial charge in [-0.3, -0.25) is 4.79 Å². The number of amides is 1. The predicted octanol–water partition coefficient (Wildman–Crippen LogP) is 2.02. The standard InChI is InChI=1S/C14H16F3NO3/c15-14(16,17)21-11-3-1-2-10(6-11)7-12(20)18-8-13(9-19)4-5-13/h1-3,6,19H,4-5,7-9H2,(H,18,20). The molecule has 4 nitrogen and oxygen atoms in total. The Morgan fingerprint density at radius 3 is 2.67 bits per heavy atom. The highest BCUT2D eigenvalue weighted by Crippen LogP contribution is 2.44.